The second-order valence-electron chi connectivity index (χ2n) is 5.53. The Morgan fingerprint density at radius 2 is 1.96 bits per heavy atom. The number of nitrogens with two attached hydrogens (primary N) is 1. The Morgan fingerprint density at radius 1 is 1.08 bits per heavy atom. The van der Waals surface area contributed by atoms with Gasteiger partial charge in [0.25, 0.3) is 0 Å². The summed E-state index contributed by atoms with van der Waals surface area (Å²) in [5, 5.41) is 3.38. The van der Waals surface area contributed by atoms with Gasteiger partial charge in [-0.2, -0.15) is 0 Å². The molecule has 0 atom stereocenters. The van der Waals surface area contributed by atoms with Crippen molar-refractivity contribution in [2.45, 2.75) is 6.92 Å². The Labute approximate surface area is 139 Å². The second kappa shape index (κ2) is 5.66. The number of imidazole rings is 1. The predicted molar refractivity (Wildman–Crippen MR) is 95.5 cm³/mol. The maximum atomic E-state index is 5.92. The summed E-state index contributed by atoms with van der Waals surface area (Å²) in [5.41, 5.74) is 10.5. The highest BCUT2D eigenvalue weighted by Gasteiger charge is 2.14. The normalized spacial score (nSPS) is 10.9. The lowest BCUT2D eigenvalue weighted by atomic mass is 10.2. The molecule has 0 aliphatic carbocycles. The number of aryl methyl sites for hydroxylation is 1. The highest BCUT2D eigenvalue weighted by atomic mass is 15.2. The molecule has 0 saturated carbocycles. The van der Waals surface area contributed by atoms with Crippen molar-refractivity contribution < 1.29 is 0 Å². The Hall–Kier alpha value is -3.41. The molecule has 0 spiro atoms. The average Bonchev–Trinajstić information content (AvgIpc) is 2.97. The number of nitrogens with one attached hydrogen (secondary N) is 1. The highest BCUT2D eigenvalue weighted by molar-refractivity contribution is 5.82. The number of nitrogen functional groups attached to an aromatic ring is 1. The van der Waals surface area contributed by atoms with Gasteiger partial charge in [-0.1, -0.05) is 18.2 Å². The molecule has 6 heteroatoms. The fourth-order valence-corrected chi connectivity index (χ4v) is 2.65. The van der Waals surface area contributed by atoms with Crippen LogP contribution in [0.4, 0.5) is 17.3 Å². The summed E-state index contributed by atoms with van der Waals surface area (Å²) in [6, 6.07) is 15.6. The van der Waals surface area contributed by atoms with Gasteiger partial charge >= 0.3 is 0 Å². The van der Waals surface area contributed by atoms with Crippen LogP contribution in [0.5, 0.6) is 0 Å². The van der Waals surface area contributed by atoms with Gasteiger partial charge in [-0.05, 0) is 42.8 Å². The molecule has 4 rings (SSSR count). The van der Waals surface area contributed by atoms with E-state index in [1.54, 1.807) is 6.20 Å². The van der Waals surface area contributed by atoms with E-state index in [1.807, 2.05) is 60.0 Å². The van der Waals surface area contributed by atoms with E-state index in [9.17, 15) is 0 Å². The topological polar surface area (TPSA) is 81.6 Å². The van der Waals surface area contributed by atoms with Crippen LogP contribution >= 0.6 is 0 Å². The van der Waals surface area contributed by atoms with Crippen molar-refractivity contribution in [1.29, 1.82) is 0 Å². The third-order valence-electron chi connectivity index (χ3n) is 3.86. The summed E-state index contributed by atoms with van der Waals surface area (Å²) in [4.78, 5) is 13.1. The first-order valence-electron chi connectivity index (χ1n) is 7.59. The summed E-state index contributed by atoms with van der Waals surface area (Å²) in [6.45, 7) is 2.03. The molecule has 0 saturated heterocycles. The Balaban J connectivity index is 1.90. The number of hydrogen-bond donors (Lipinski definition) is 2. The van der Waals surface area contributed by atoms with E-state index in [2.05, 4.69) is 15.3 Å². The van der Waals surface area contributed by atoms with Gasteiger partial charge in [-0.15, -0.1) is 0 Å². The number of fused-ring (bicyclic) bond motifs is 1. The molecule has 2 aromatic carbocycles. The zero-order valence-corrected chi connectivity index (χ0v) is 13.1. The van der Waals surface area contributed by atoms with Gasteiger partial charge in [0, 0.05) is 17.6 Å². The van der Waals surface area contributed by atoms with Gasteiger partial charge in [-0.3, -0.25) is 4.57 Å². The predicted octanol–water partition coefficient (Wildman–Crippen LogP) is 3.45. The average molecular weight is 316 g/mol. The largest absolute Gasteiger partial charge is 0.399 e. The van der Waals surface area contributed by atoms with Crippen LogP contribution in [0.2, 0.25) is 0 Å². The number of rotatable bonds is 3. The summed E-state index contributed by atoms with van der Waals surface area (Å²) in [6.07, 6.45) is 3.24. The van der Waals surface area contributed by atoms with Gasteiger partial charge in [0.05, 0.1) is 11.0 Å². The molecule has 0 radical (unpaired) electrons. The zero-order chi connectivity index (χ0) is 16.5. The summed E-state index contributed by atoms with van der Waals surface area (Å²) in [5.74, 6) is 1.44. The maximum Gasteiger partial charge on any atom is 0.214 e. The summed E-state index contributed by atoms with van der Waals surface area (Å²) < 4.78 is 1.97. The number of nitrogens with zero attached hydrogens (tertiary/aromatic N) is 4. The molecular formula is C18H16N6. The Morgan fingerprint density at radius 3 is 2.79 bits per heavy atom. The minimum atomic E-state index is 0.684. The minimum absolute atomic E-state index is 0.684. The van der Waals surface area contributed by atoms with Gasteiger partial charge in [0.15, 0.2) is 0 Å². The monoisotopic (exact) mass is 316 g/mol. The molecular weight excluding hydrogens is 300 g/mol. The smallest absolute Gasteiger partial charge is 0.214 e. The Bertz CT molecular complexity index is 1010. The van der Waals surface area contributed by atoms with E-state index in [0.717, 1.165) is 28.1 Å². The van der Waals surface area contributed by atoms with Crippen molar-refractivity contribution in [2.75, 3.05) is 11.1 Å². The first-order chi connectivity index (χ1) is 11.7. The quantitative estimate of drug-likeness (QED) is 0.566. The van der Waals surface area contributed by atoms with Crippen LogP contribution in [-0.2, 0) is 0 Å². The Kier molecular flexibility index (Phi) is 3.35. The van der Waals surface area contributed by atoms with Crippen LogP contribution in [0.3, 0.4) is 0 Å². The molecule has 2 heterocycles. The third-order valence-corrected chi connectivity index (χ3v) is 3.86. The lowest BCUT2D eigenvalue weighted by molar-refractivity contribution is 1.00. The highest BCUT2D eigenvalue weighted by Crippen LogP contribution is 2.28. The van der Waals surface area contributed by atoms with E-state index in [4.69, 9.17) is 10.7 Å². The molecule has 0 aliphatic rings. The molecule has 6 nitrogen and oxygen atoms in total. The second-order valence-corrected chi connectivity index (χ2v) is 5.53. The van der Waals surface area contributed by atoms with Gasteiger partial charge in [-0.25, -0.2) is 15.0 Å². The van der Waals surface area contributed by atoms with Gasteiger partial charge in [0.2, 0.25) is 5.95 Å². The lowest BCUT2D eigenvalue weighted by Gasteiger charge is -2.12. The molecule has 3 N–H and O–H groups in total. The molecule has 0 aliphatic heterocycles. The number of hydrogen-bond acceptors (Lipinski definition) is 5. The number of aromatic nitrogens is 4. The zero-order valence-electron chi connectivity index (χ0n) is 13.1. The van der Waals surface area contributed by atoms with Crippen molar-refractivity contribution >= 4 is 28.4 Å². The number of benzene rings is 2. The van der Waals surface area contributed by atoms with Crippen molar-refractivity contribution in [1.82, 2.24) is 19.5 Å². The molecule has 118 valence electrons. The molecule has 0 bridgehead atoms. The van der Waals surface area contributed by atoms with E-state index in [0.29, 0.717) is 11.6 Å². The lowest BCUT2D eigenvalue weighted by Crippen LogP contribution is -2.05. The van der Waals surface area contributed by atoms with Crippen LogP contribution in [-0.4, -0.2) is 19.5 Å². The first kappa shape index (κ1) is 14.2. The van der Waals surface area contributed by atoms with E-state index < -0.39 is 0 Å². The molecule has 0 unspecified atom stereocenters. The summed E-state index contributed by atoms with van der Waals surface area (Å²) >= 11 is 0. The van der Waals surface area contributed by atoms with Gasteiger partial charge < -0.3 is 11.1 Å². The molecule has 4 aromatic rings. The number of anilines is 3. The van der Waals surface area contributed by atoms with Crippen LogP contribution in [0.1, 0.15) is 5.56 Å². The van der Waals surface area contributed by atoms with Crippen LogP contribution < -0.4 is 11.1 Å². The first-order valence-corrected chi connectivity index (χ1v) is 7.59. The molecule has 0 fully saturated rings. The van der Waals surface area contributed by atoms with E-state index >= 15 is 0 Å². The van der Waals surface area contributed by atoms with Crippen molar-refractivity contribution in [2.24, 2.45) is 0 Å². The number of para-hydroxylation sites is 2. The SMILES string of the molecule is Cc1ccc(N)cc1Nc1nc2ccccc2n1-c1ccncn1. The fraction of sp³-hybridized carbons (Fsp3) is 0.0556. The van der Waals surface area contributed by atoms with Crippen LogP contribution in [0, 0.1) is 6.92 Å². The van der Waals surface area contributed by atoms with E-state index in [1.165, 1.54) is 6.33 Å². The van der Waals surface area contributed by atoms with Crippen molar-refractivity contribution in [3.8, 4) is 5.82 Å². The molecule has 0 amide bonds. The molecule has 24 heavy (non-hydrogen) atoms. The van der Waals surface area contributed by atoms with Crippen molar-refractivity contribution in [3.63, 3.8) is 0 Å². The maximum absolute atomic E-state index is 5.92. The third kappa shape index (κ3) is 2.44. The van der Waals surface area contributed by atoms with Crippen LogP contribution in [0.25, 0.3) is 16.9 Å². The fourth-order valence-electron chi connectivity index (χ4n) is 2.65. The van der Waals surface area contributed by atoms with Crippen LogP contribution in [0.15, 0.2) is 61.1 Å². The summed E-state index contributed by atoms with van der Waals surface area (Å²) in [7, 11) is 0. The van der Waals surface area contributed by atoms with Crippen molar-refractivity contribution in [3.05, 3.63) is 66.6 Å². The van der Waals surface area contributed by atoms with Gasteiger partial charge in [0.1, 0.15) is 12.1 Å². The standard InChI is InChI=1S/C18H16N6/c1-12-6-7-13(19)10-15(12)23-18-22-14-4-2-3-5-16(14)24(18)17-8-9-20-11-21-17/h2-11H,19H2,1H3,(H,22,23). The van der Waals surface area contributed by atoms with E-state index in [-0.39, 0.29) is 0 Å². The minimum Gasteiger partial charge on any atom is -0.399 e. The molecule has 2 aromatic heterocycles.